The van der Waals surface area contributed by atoms with E-state index in [2.05, 4.69) is 20.0 Å². The molecule has 2 aliphatic heterocycles. The van der Waals surface area contributed by atoms with Gasteiger partial charge in [-0.1, -0.05) is 26.8 Å². The summed E-state index contributed by atoms with van der Waals surface area (Å²) in [5.41, 5.74) is -2.46. The van der Waals surface area contributed by atoms with Crippen molar-refractivity contribution in [2.75, 3.05) is 13.2 Å². The van der Waals surface area contributed by atoms with E-state index in [1.165, 1.54) is 0 Å². The molecule has 2 bridgehead atoms. The molecule has 0 radical (unpaired) electrons. The molecule has 1 saturated heterocycles. The average Bonchev–Trinajstić information content (AvgIpc) is 3.58. The van der Waals surface area contributed by atoms with Crippen molar-refractivity contribution >= 4 is 29.0 Å². The SMILES string of the molecule is CC(C)(C)[C@@H]1NC(=O)O[C@@H]2CCC[C@H]2OC/C=C\C(F)(F)c2nc3cc(OC(F)(F)F)ccc3nc2O[C@@H]2C[C@@H](C(=O)O)N(C2)C1=O. The first-order chi connectivity index (χ1) is 21.9. The van der Waals surface area contributed by atoms with Crippen LogP contribution >= 0.6 is 0 Å². The lowest BCUT2D eigenvalue weighted by Crippen LogP contribution is -2.57. The Morgan fingerprint density at radius 2 is 1.81 bits per heavy atom. The summed E-state index contributed by atoms with van der Waals surface area (Å²) in [6, 6.07) is 0.0878. The number of allylic oxidation sites excluding steroid dienone is 1. The molecule has 12 nitrogen and oxygen atoms in total. The predicted molar refractivity (Wildman–Crippen MR) is 152 cm³/mol. The largest absolute Gasteiger partial charge is 0.573 e. The Kier molecular flexibility index (Phi) is 9.23. The van der Waals surface area contributed by atoms with Gasteiger partial charge in [-0.2, -0.15) is 8.78 Å². The second-order valence-electron chi connectivity index (χ2n) is 12.6. The Morgan fingerprint density at radius 1 is 1.09 bits per heavy atom. The summed E-state index contributed by atoms with van der Waals surface area (Å²) < 4.78 is 91.0. The first-order valence-electron chi connectivity index (χ1n) is 14.8. The molecule has 0 unspecified atom stereocenters. The average molecular weight is 673 g/mol. The molecule has 2 fully saturated rings. The molecule has 2 N–H and O–H groups in total. The maximum atomic E-state index is 15.8. The molecule has 1 aromatic carbocycles. The molecule has 2 amide bonds. The number of alkyl halides is 5. The van der Waals surface area contributed by atoms with Gasteiger partial charge in [-0.15, -0.1) is 13.2 Å². The third-order valence-corrected chi connectivity index (χ3v) is 8.02. The number of carboxylic acid groups (broad SMARTS) is 1. The normalized spacial score (nSPS) is 27.8. The van der Waals surface area contributed by atoms with Crippen LogP contribution in [-0.2, 0) is 25.0 Å². The van der Waals surface area contributed by atoms with E-state index in [0.29, 0.717) is 25.3 Å². The van der Waals surface area contributed by atoms with Gasteiger partial charge in [-0.25, -0.2) is 19.6 Å². The van der Waals surface area contributed by atoms with Gasteiger partial charge in [0, 0.05) is 12.5 Å². The minimum atomic E-state index is -5.05. The van der Waals surface area contributed by atoms with Gasteiger partial charge in [0.05, 0.1) is 30.3 Å². The molecule has 2 aromatic rings. The van der Waals surface area contributed by atoms with Gasteiger partial charge >= 0.3 is 24.3 Å². The highest BCUT2D eigenvalue weighted by molar-refractivity contribution is 5.90. The molecule has 3 aliphatic rings. The van der Waals surface area contributed by atoms with Crippen LogP contribution < -0.4 is 14.8 Å². The number of aliphatic carboxylic acids is 1. The smallest absolute Gasteiger partial charge is 0.480 e. The number of benzene rings is 1. The standard InChI is InChI=1S/C30H33F5N4O8/c1-28(2,3)23-25(40)39-14-16(13-19(39)26(41)42)45-24-22(36-18-12-15(47-30(33,34)35)8-9-17(18)37-24)29(31,32)10-5-11-44-20-6-4-7-21(20)46-27(43)38-23/h5,8-10,12,16,19-21,23H,4,6-7,11,13-14H2,1-3H3,(H,38,43)(H,41,42)/b10-5-/t16-,19+,20-,21-,23-/m1/s1. The fraction of sp³-hybridized carbons (Fsp3) is 0.567. The Bertz CT molecular complexity index is 1560. The van der Waals surface area contributed by atoms with Crippen LogP contribution in [0.1, 0.15) is 52.1 Å². The Balaban J connectivity index is 1.57. The lowest BCUT2D eigenvalue weighted by molar-refractivity contribution is -0.274. The number of rotatable bonds is 2. The van der Waals surface area contributed by atoms with Crippen molar-refractivity contribution in [2.45, 2.75) is 89.1 Å². The van der Waals surface area contributed by atoms with Crippen LogP contribution in [0.2, 0.25) is 0 Å². The predicted octanol–water partition coefficient (Wildman–Crippen LogP) is 4.70. The van der Waals surface area contributed by atoms with Crippen molar-refractivity contribution in [1.29, 1.82) is 0 Å². The number of nitrogens with one attached hydrogen (secondary N) is 1. The van der Waals surface area contributed by atoms with Crippen molar-refractivity contribution in [1.82, 2.24) is 20.2 Å². The van der Waals surface area contributed by atoms with Crippen LogP contribution in [-0.4, -0.2) is 87.9 Å². The minimum Gasteiger partial charge on any atom is -0.480 e. The molecule has 256 valence electrons. The number of hydrogen-bond acceptors (Lipinski definition) is 9. The molecule has 1 aliphatic carbocycles. The topological polar surface area (TPSA) is 149 Å². The van der Waals surface area contributed by atoms with E-state index in [1.54, 1.807) is 20.8 Å². The highest BCUT2D eigenvalue weighted by Gasteiger charge is 2.47. The van der Waals surface area contributed by atoms with E-state index in [0.717, 1.165) is 29.2 Å². The third-order valence-electron chi connectivity index (χ3n) is 8.02. The van der Waals surface area contributed by atoms with E-state index in [1.807, 2.05) is 0 Å². The van der Waals surface area contributed by atoms with Crippen LogP contribution in [0.3, 0.4) is 0 Å². The number of alkyl carbamates (subject to hydrolysis) is 1. The van der Waals surface area contributed by atoms with Gasteiger partial charge < -0.3 is 34.3 Å². The molecule has 3 heterocycles. The maximum absolute atomic E-state index is 15.8. The highest BCUT2D eigenvalue weighted by atomic mass is 19.4. The van der Waals surface area contributed by atoms with Crippen molar-refractivity contribution < 1.29 is 60.4 Å². The Morgan fingerprint density at radius 3 is 2.49 bits per heavy atom. The van der Waals surface area contributed by atoms with Crippen molar-refractivity contribution in [2.24, 2.45) is 5.41 Å². The quantitative estimate of drug-likeness (QED) is 0.340. The number of amides is 2. The number of carbonyl (C=O) groups is 3. The number of halogens is 5. The molecule has 47 heavy (non-hydrogen) atoms. The highest BCUT2D eigenvalue weighted by Crippen LogP contribution is 2.38. The lowest BCUT2D eigenvalue weighted by atomic mass is 9.85. The Labute approximate surface area is 265 Å². The fourth-order valence-electron chi connectivity index (χ4n) is 5.81. The molecule has 17 heteroatoms. The van der Waals surface area contributed by atoms with Gasteiger partial charge in [0.2, 0.25) is 11.8 Å². The first-order valence-corrected chi connectivity index (χ1v) is 14.8. The van der Waals surface area contributed by atoms with Gasteiger partial charge in [0.25, 0.3) is 0 Å². The summed E-state index contributed by atoms with van der Waals surface area (Å²) in [5.74, 6) is -7.49. The monoisotopic (exact) mass is 672 g/mol. The maximum Gasteiger partial charge on any atom is 0.573 e. The zero-order valence-electron chi connectivity index (χ0n) is 25.6. The number of aromatic nitrogens is 2. The van der Waals surface area contributed by atoms with Gasteiger partial charge in [-0.3, -0.25) is 4.79 Å². The number of carboxylic acids is 1. The molecule has 1 aromatic heterocycles. The van der Waals surface area contributed by atoms with E-state index in [-0.39, 0.29) is 30.6 Å². The van der Waals surface area contributed by atoms with Crippen molar-refractivity contribution in [3.63, 3.8) is 0 Å². The van der Waals surface area contributed by atoms with E-state index in [9.17, 15) is 32.7 Å². The fourth-order valence-corrected chi connectivity index (χ4v) is 5.81. The van der Waals surface area contributed by atoms with E-state index >= 15 is 8.78 Å². The second kappa shape index (κ2) is 12.7. The van der Waals surface area contributed by atoms with Gasteiger partial charge in [-0.05, 0) is 42.9 Å². The van der Waals surface area contributed by atoms with Crippen LogP contribution in [0, 0.1) is 5.41 Å². The van der Waals surface area contributed by atoms with Gasteiger partial charge in [0.15, 0.2) is 5.69 Å². The zero-order chi connectivity index (χ0) is 34.3. The van der Waals surface area contributed by atoms with Crippen LogP contribution in [0.15, 0.2) is 30.4 Å². The number of carbonyl (C=O) groups excluding carboxylic acids is 2. The van der Waals surface area contributed by atoms with Crippen LogP contribution in [0.25, 0.3) is 11.0 Å². The summed E-state index contributed by atoms with van der Waals surface area (Å²) in [5, 5.41) is 12.6. The third kappa shape index (κ3) is 7.82. The summed E-state index contributed by atoms with van der Waals surface area (Å²) in [4.78, 5) is 48.1. The molecule has 5 atom stereocenters. The summed E-state index contributed by atoms with van der Waals surface area (Å²) >= 11 is 0. The number of fused-ring (bicyclic) bond motifs is 5. The number of ether oxygens (including phenoxy) is 4. The molecule has 1 saturated carbocycles. The van der Waals surface area contributed by atoms with Gasteiger partial charge in [0.1, 0.15) is 30.0 Å². The summed E-state index contributed by atoms with van der Waals surface area (Å²) in [7, 11) is 0. The second-order valence-corrected chi connectivity index (χ2v) is 12.6. The van der Waals surface area contributed by atoms with E-state index < -0.39 is 83.4 Å². The lowest BCUT2D eigenvalue weighted by Gasteiger charge is -2.35. The summed E-state index contributed by atoms with van der Waals surface area (Å²) in [6.45, 7) is 4.30. The molecular formula is C30H33F5N4O8. The van der Waals surface area contributed by atoms with Crippen LogP contribution in [0.5, 0.6) is 11.6 Å². The molecule has 5 rings (SSSR count). The number of hydrogen-bond donors (Lipinski definition) is 2. The summed E-state index contributed by atoms with van der Waals surface area (Å²) in [6.07, 6.45) is -5.85. The first kappa shape index (κ1) is 34.1. The van der Waals surface area contributed by atoms with Crippen molar-refractivity contribution in [3.8, 4) is 11.6 Å². The Hall–Kier alpha value is -4.28. The zero-order valence-corrected chi connectivity index (χ0v) is 25.6. The minimum absolute atomic E-state index is 0.118. The molecular weight excluding hydrogens is 639 g/mol. The molecule has 0 spiro atoms. The van der Waals surface area contributed by atoms with E-state index in [4.69, 9.17) is 14.2 Å². The van der Waals surface area contributed by atoms with Crippen LogP contribution in [0.4, 0.5) is 26.7 Å². The number of nitrogens with zero attached hydrogens (tertiary/aromatic N) is 3. The van der Waals surface area contributed by atoms with Crippen molar-refractivity contribution in [3.05, 3.63) is 36.0 Å².